The minimum atomic E-state index is -1.85. The lowest BCUT2D eigenvalue weighted by Gasteiger charge is -2.25. The summed E-state index contributed by atoms with van der Waals surface area (Å²) in [6.45, 7) is 2.13. The normalized spacial score (nSPS) is 15.0. The molecule has 3 aromatic rings. The Kier molecular flexibility index (Phi) is 18.5. The number of aryl methyl sites for hydroxylation is 1. The molecule has 13 N–H and O–H groups in total. The van der Waals surface area contributed by atoms with E-state index in [2.05, 4.69) is 41.2 Å². The van der Waals surface area contributed by atoms with Crippen LogP contribution in [0.3, 0.4) is 0 Å². The molecule has 0 unspecified atom stereocenters. The van der Waals surface area contributed by atoms with Crippen LogP contribution in [0.5, 0.6) is 0 Å². The third kappa shape index (κ3) is 14.8. The molecule has 2 aromatic heterocycles. The van der Waals surface area contributed by atoms with Gasteiger partial charge in [-0.15, -0.1) is 0 Å². The van der Waals surface area contributed by atoms with Crippen molar-refractivity contribution in [3.8, 4) is 0 Å². The summed E-state index contributed by atoms with van der Waals surface area (Å²) >= 11 is 0. The minimum Gasteiger partial charge on any atom is -0.480 e. The molecule has 0 fully saturated rings. The third-order valence-corrected chi connectivity index (χ3v) is 10.8. The number of carboxylic acids is 2. The zero-order valence-electron chi connectivity index (χ0n) is 30.9. The topological polar surface area (TPSA) is 353 Å². The Morgan fingerprint density at radius 1 is 0.860 bits per heavy atom. The number of rotatable bonds is 24. The average Bonchev–Trinajstić information content (AvgIpc) is 3.18. The highest BCUT2D eigenvalue weighted by Crippen LogP contribution is 2.24. The molecule has 0 aliphatic carbocycles. The van der Waals surface area contributed by atoms with E-state index >= 15 is 0 Å². The smallest absolute Gasteiger partial charge is 0.327 e. The Hall–Kier alpha value is -4.91. The quantitative estimate of drug-likeness (QED) is 0.0357. The molecule has 1 aromatic carbocycles. The second-order valence-corrected chi connectivity index (χ2v) is 15.4. The van der Waals surface area contributed by atoms with E-state index in [0.29, 0.717) is 28.4 Å². The van der Waals surface area contributed by atoms with Crippen LogP contribution in [0.15, 0.2) is 30.5 Å². The van der Waals surface area contributed by atoms with Gasteiger partial charge in [0.2, 0.25) is 11.8 Å². The van der Waals surface area contributed by atoms with Crippen LogP contribution in [0.25, 0.3) is 11.2 Å². The first-order chi connectivity index (χ1) is 27.0. The summed E-state index contributed by atoms with van der Waals surface area (Å²) in [5, 5.41) is 77.3. The van der Waals surface area contributed by atoms with Gasteiger partial charge >= 0.3 is 11.9 Å². The van der Waals surface area contributed by atoms with Crippen molar-refractivity contribution in [3.05, 3.63) is 47.5 Å². The highest BCUT2D eigenvalue weighted by Gasteiger charge is 2.30. The van der Waals surface area contributed by atoms with E-state index in [1.165, 1.54) is 19.1 Å². The Morgan fingerprint density at radius 2 is 1.53 bits per heavy atom. The zero-order valence-corrected chi connectivity index (χ0v) is 32.6. The van der Waals surface area contributed by atoms with E-state index in [9.17, 15) is 54.6 Å². The number of fused-ring (bicyclic) bond motifs is 1. The molecule has 0 spiro atoms. The molecule has 0 aliphatic heterocycles. The number of amides is 3. The summed E-state index contributed by atoms with van der Waals surface area (Å²) in [6.07, 6.45) is -5.68. The Bertz CT molecular complexity index is 1850. The number of hydrogen-bond acceptors (Lipinski definition) is 18. The third-order valence-electron chi connectivity index (χ3n) is 8.33. The van der Waals surface area contributed by atoms with Crippen LogP contribution >= 0.6 is 21.6 Å². The molecule has 0 saturated carbocycles. The van der Waals surface area contributed by atoms with E-state index in [1.807, 2.05) is 0 Å². The monoisotopic (exact) mass is 837 g/mol. The number of nitrogens with one attached hydrogen (secondary N) is 4. The Morgan fingerprint density at radius 3 is 2.18 bits per heavy atom. The van der Waals surface area contributed by atoms with Crippen LogP contribution in [0.2, 0.25) is 0 Å². The first-order valence-corrected chi connectivity index (χ1v) is 20.0. The molecular weight excluding hydrogens is 791 g/mol. The van der Waals surface area contributed by atoms with Crippen molar-refractivity contribution >= 4 is 73.9 Å². The highest BCUT2D eigenvalue weighted by atomic mass is 33.1. The predicted octanol–water partition coefficient (Wildman–Crippen LogP) is -1.59. The van der Waals surface area contributed by atoms with Crippen molar-refractivity contribution in [1.82, 2.24) is 35.9 Å². The standard InChI is InChI=1S/C34H47N9O12S2/c1-16(3-8-25(47)37-13-23(45)27(48)28(49)24(46)14-44)31(50)43-22(34(54)55)15-57-56-10-9-21(33(52)53)42-32(51)18-4-6-19(7-5-18)36-11-20-12-38-30-26(41-20)29(35)39-17(2)40-30/h4-7,12,16,21-24,27-28,36,44-46,48-49H,3,8-11,13-15H2,1-2H3,(H,37,47)(H,42,51)(H,43,50)(H,52,53)(H,54,55)(H2,35,38,39,40)/t16-,21-,22-,23-,24+,27+,28+/m0/s1. The SMILES string of the molecule is Cc1nc(N)c2nc(CNc3ccc(C(=O)N[C@@H](CCSSC[C@H](NC(=O)[C@@H](C)CCC(=O)NC[C@H](O)[C@@H](O)[C@H](O)[C@H](O)CO)C(=O)O)C(=O)O)cc3)cnc2n1. The molecule has 0 saturated heterocycles. The number of aromatic nitrogens is 4. The second-order valence-electron chi connectivity index (χ2n) is 12.8. The van der Waals surface area contributed by atoms with E-state index in [-0.39, 0.29) is 48.7 Å². The lowest BCUT2D eigenvalue weighted by Crippen LogP contribution is -2.49. The van der Waals surface area contributed by atoms with Gasteiger partial charge in [-0.05, 0) is 44.0 Å². The van der Waals surface area contributed by atoms with Gasteiger partial charge in [0.15, 0.2) is 17.0 Å². The van der Waals surface area contributed by atoms with Gasteiger partial charge in [0.1, 0.15) is 36.2 Å². The van der Waals surface area contributed by atoms with Crippen molar-refractivity contribution in [1.29, 1.82) is 0 Å². The Labute approximate surface area is 334 Å². The average molecular weight is 838 g/mol. The second kappa shape index (κ2) is 22.7. The number of nitrogens with two attached hydrogens (primary N) is 1. The van der Waals surface area contributed by atoms with Gasteiger partial charge in [0, 0.05) is 41.6 Å². The number of anilines is 2. The molecule has 312 valence electrons. The van der Waals surface area contributed by atoms with E-state index in [0.717, 1.165) is 21.6 Å². The number of hydrogen-bond donors (Lipinski definition) is 12. The van der Waals surface area contributed by atoms with Crippen LogP contribution in [0.4, 0.5) is 11.5 Å². The van der Waals surface area contributed by atoms with Crippen LogP contribution in [-0.4, -0.2) is 146 Å². The maximum Gasteiger partial charge on any atom is 0.327 e. The number of benzene rings is 1. The fraction of sp³-hybridized carbons (Fsp3) is 0.500. The van der Waals surface area contributed by atoms with Gasteiger partial charge in [-0.3, -0.25) is 14.4 Å². The van der Waals surface area contributed by atoms with E-state index in [4.69, 9.17) is 10.8 Å². The van der Waals surface area contributed by atoms with Gasteiger partial charge in [-0.25, -0.2) is 29.5 Å². The number of carboxylic acid groups (broad SMARTS) is 2. The van der Waals surface area contributed by atoms with Crippen LogP contribution < -0.4 is 27.0 Å². The first-order valence-electron chi connectivity index (χ1n) is 17.5. The van der Waals surface area contributed by atoms with E-state index in [1.54, 1.807) is 25.3 Å². The fourth-order valence-corrected chi connectivity index (χ4v) is 7.14. The maximum atomic E-state index is 12.8. The minimum absolute atomic E-state index is 0.00793. The molecular formula is C34H47N9O12S2. The highest BCUT2D eigenvalue weighted by molar-refractivity contribution is 8.76. The molecule has 23 heteroatoms. The number of aliphatic hydroxyl groups is 5. The van der Waals surface area contributed by atoms with Crippen molar-refractivity contribution in [2.45, 2.75) is 76.2 Å². The number of carbonyl (C=O) groups is 5. The summed E-state index contributed by atoms with van der Waals surface area (Å²) in [5.41, 5.74) is 8.17. The number of aliphatic carboxylic acids is 2. The van der Waals surface area contributed by atoms with Crippen LogP contribution in [-0.2, 0) is 25.7 Å². The molecule has 0 radical (unpaired) electrons. The lowest BCUT2D eigenvalue weighted by atomic mass is 10.0. The molecule has 7 atom stereocenters. The van der Waals surface area contributed by atoms with Gasteiger partial charge < -0.3 is 62.7 Å². The summed E-state index contributed by atoms with van der Waals surface area (Å²) in [6, 6.07) is 3.81. The molecule has 3 amide bonds. The Balaban J connectivity index is 1.38. The maximum absolute atomic E-state index is 12.8. The number of carbonyl (C=O) groups excluding carboxylic acids is 3. The number of nitrogens with zero attached hydrogens (tertiary/aromatic N) is 4. The fourth-order valence-electron chi connectivity index (χ4n) is 4.89. The summed E-state index contributed by atoms with van der Waals surface area (Å²) in [4.78, 5) is 78.4. The molecule has 0 bridgehead atoms. The van der Waals surface area contributed by atoms with Crippen LogP contribution in [0.1, 0.15) is 48.1 Å². The van der Waals surface area contributed by atoms with Gasteiger partial charge in [0.25, 0.3) is 5.91 Å². The molecule has 57 heavy (non-hydrogen) atoms. The van der Waals surface area contributed by atoms with Crippen molar-refractivity contribution < 1.29 is 59.7 Å². The summed E-state index contributed by atoms with van der Waals surface area (Å²) < 4.78 is 0. The zero-order chi connectivity index (χ0) is 42.2. The van der Waals surface area contributed by atoms with Gasteiger partial charge in [0.05, 0.1) is 31.1 Å². The largest absolute Gasteiger partial charge is 0.480 e. The molecule has 2 heterocycles. The first kappa shape index (κ1) is 46.5. The number of aliphatic hydroxyl groups excluding tert-OH is 5. The van der Waals surface area contributed by atoms with Crippen molar-refractivity contribution in [2.24, 2.45) is 5.92 Å². The lowest BCUT2D eigenvalue weighted by molar-refractivity contribution is -0.141. The van der Waals surface area contributed by atoms with E-state index < -0.39 is 85.2 Å². The molecule has 0 aliphatic rings. The number of nitrogen functional groups attached to an aromatic ring is 1. The summed E-state index contributed by atoms with van der Waals surface area (Å²) in [5.74, 6) is -4.35. The summed E-state index contributed by atoms with van der Waals surface area (Å²) in [7, 11) is 2.25. The predicted molar refractivity (Wildman–Crippen MR) is 209 cm³/mol. The van der Waals surface area contributed by atoms with Crippen molar-refractivity contribution in [3.63, 3.8) is 0 Å². The van der Waals surface area contributed by atoms with Gasteiger partial charge in [-0.1, -0.05) is 28.5 Å². The molecule has 3 rings (SSSR count). The van der Waals surface area contributed by atoms with Crippen LogP contribution in [0, 0.1) is 12.8 Å². The van der Waals surface area contributed by atoms with Crippen molar-refractivity contribution in [2.75, 3.05) is 35.7 Å². The molecule has 21 nitrogen and oxygen atoms in total. The van der Waals surface area contributed by atoms with Gasteiger partial charge in [-0.2, -0.15) is 0 Å².